The molecule has 0 bridgehead atoms. The molecule has 0 atom stereocenters. The highest BCUT2D eigenvalue weighted by Gasteiger charge is 2.12. The second-order valence-electron chi connectivity index (χ2n) is 7.75. The summed E-state index contributed by atoms with van der Waals surface area (Å²) >= 11 is 0. The number of benzene rings is 1. The Labute approximate surface area is 170 Å². The summed E-state index contributed by atoms with van der Waals surface area (Å²) in [6.07, 6.45) is 3.95. The van der Waals surface area contributed by atoms with Crippen molar-refractivity contribution < 1.29 is 4.79 Å². The number of rotatable bonds is 8. The van der Waals surface area contributed by atoms with E-state index in [1.807, 2.05) is 20.9 Å². The molecule has 156 valence electrons. The van der Waals surface area contributed by atoms with Gasteiger partial charge in [-0.25, -0.2) is 0 Å². The molecule has 1 aliphatic rings. The lowest BCUT2D eigenvalue weighted by Gasteiger charge is -2.29. The van der Waals surface area contributed by atoms with Crippen molar-refractivity contribution >= 4 is 17.6 Å². The molecule has 1 aromatic rings. The Kier molecular flexibility index (Phi) is 9.11. The number of aliphatic imine (C=N–C) groups is 1. The van der Waals surface area contributed by atoms with Crippen LogP contribution in [0.2, 0.25) is 0 Å². The Morgan fingerprint density at radius 2 is 1.82 bits per heavy atom. The maximum Gasteiger partial charge on any atom is 0.222 e. The Morgan fingerprint density at radius 3 is 2.43 bits per heavy atom. The summed E-state index contributed by atoms with van der Waals surface area (Å²) < 4.78 is 0. The van der Waals surface area contributed by atoms with Crippen molar-refractivity contribution in [2.45, 2.75) is 46.6 Å². The van der Waals surface area contributed by atoms with Crippen molar-refractivity contribution in [3.63, 3.8) is 0 Å². The first-order valence-corrected chi connectivity index (χ1v) is 10.6. The van der Waals surface area contributed by atoms with Gasteiger partial charge < -0.3 is 20.4 Å². The summed E-state index contributed by atoms with van der Waals surface area (Å²) in [7, 11) is 2.05. The number of hydrogen-bond acceptors (Lipinski definition) is 3. The quantitative estimate of drug-likeness (QED) is 0.409. The van der Waals surface area contributed by atoms with Gasteiger partial charge in [-0.2, -0.15) is 0 Å². The summed E-state index contributed by atoms with van der Waals surface area (Å²) in [5.74, 6) is 0.941. The molecule has 6 nitrogen and oxygen atoms in total. The number of piperidine rings is 1. The zero-order chi connectivity index (χ0) is 20.4. The lowest BCUT2D eigenvalue weighted by atomic mass is 10.1. The summed E-state index contributed by atoms with van der Waals surface area (Å²) in [5, 5.41) is 6.24. The first kappa shape index (κ1) is 22.1. The average Bonchev–Trinajstić information content (AvgIpc) is 2.71. The lowest BCUT2D eigenvalue weighted by Crippen LogP contribution is -2.39. The number of amides is 1. The molecule has 0 aromatic heterocycles. The van der Waals surface area contributed by atoms with E-state index in [4.69, 9.17) is 0 Å². The van der Waals surface area contributed by atoms with E-state index in [1.165, 1.54) is 43.6 Å². The minimum absolute atomic E-state index is 0.00722. The number of carbonyl (C=O) groups excluding carboxylic acids is 1. The molecular formula is C22H37N5O. The molecule has 1 heterocycles. The molecule has 0 aliphatic carbocycles. The molecule has 1 aromatic carbocycles. The van der Waals surface area contributed by atoms with Crippen molar-refractivity contribution in [3.8, 4) is 0 Å². The van der Waals surface area contributed by atoms with Crippen LogP contribution in [0, 0.1) is 5.92 Å². The van der Waals surface area contributed by atoms with E-state index in [0.717, 1.165) is 19.0 Å². The highest BCUT2D eigenvalue weighted by Crippen LogP contribution is 2.20. The molecule has 28 heavy (non-hydrogen) atoms. The molecular weight excluding hydrogens is 350 g/mol. The molecule has 0 unspecified atom stereocenters. The van der Waals surface area contributed by atoms with Gasteiger partial charge in [-0.3, -0.25) is 9.79 Å². The van der Waals surface area contributed by atoms with Gasteiger partial charge in [0.1, 0.15) is 0 Å². The highest BCUT2D eigenvalue weighted by atomic mass is 16.1. The van der Waals surface area contributed by atoms with Gasteiger partial charge in [-0.1, -0.05) is 26.0 Å². The largest absolute Gasteiger partial charge is 0.372 e. The summed E-state index contributed by atoms with van der Waals surface area (Å²) in [5.41, 5.74) is 2.59. The zero-order valence-electron chi connectivity index (χ0n) is 18.0. The van der Waals surface area contributed by atoms with E-state index in [9.17, 15) is 4.79 Å². The second kappa shape index (κ2) is 11.6. The third-order valence-corrected chi connectivity index (χ3v) is 4.97. The first-order chi connectivity index (χ1) is 13.5. The standard InChI is InChI=1S/C22H37N5O/c1-5-23-22(25-14-13-24-21(28)18(2)3)26(4)17-19-9-11-20(12-10-19)27-15-7-6-8-16-27/h9-12,18H,5-8,13-17H2,1-4H3,(H,23,25)(H,24,28). The van der Waals surface area contributed by atoms with Gasteiger partial charge in [0.25, 0.3) is 0 Å². The maximum atomic E-state index is 11.6. The van der Waals surface area contributed by atoms with Crippen molar-refractivity contribution in [2.24, 2.45) is 10.9 Å². The van der Waals surface area contributed by atoms with Gasteiger partial charge >= 0.3 is 0 Å². The fourth-order valence-electron chi connectivity index (χ4n) is 3.33. The van der Waals surface area contributed by atoms with Gasteiger partial charge in [0.2, 0.25) is 5.91 Å². The van der Waals surface area contributed by atoms with Gasteiger partial charge in [-0.05, 0) is 43.9 Å². The summed E-state index contributed by atoms with van der Waals surface area (Å²) in [6, 6.07) is 8.90. The number of nitrogens with zero attached hydrogens (tertiary/aromatic N) is 3. The monoisotopic (exact) mass is 387 g/mol. The Bertz CT molecular complexity index is 620. The van der Waals surface area contributed by atoms with E-state index in [0.29, 0.717) is 13.1 Å². The van der Waals surface area contributed by atoms with Crippen molar-refractivity contribution in [2.75, 3.05) is 44.7 Å². The van der Waals surface area contributed by atoms with Crippen LogP contribution in [0.15, 0.2) is 29.3 Å². The SMILES string of the molecule is CCNC(=NCCNC(=O)C(C)C)N(C)Cc1ccc(N2CCCCC2)cc1. The summed E-state index contributed by atoms with van der Waals surface area (Å²) in [6.45, 7) is 10.9. The van der Waals surface area contributed by atoms with E-state index in [1.54, 1.807) is 0 Å². The average molecular weight is 388 g/mol. The minimum Gasteiger partial charge on any atom is -0.372 e. The molecule has 1 amide bonds. The van der Waals surface area contributed by atoms with Crippen LogP contribution in [-0.2, 0) is 11.3 Å². The van der Waals surface area contributed by atoms with Crippen molar-refractivity contribution in [1.29, 1.82) is 0 Å². The highest BCUT2D eigenvalue weighted by molar-refractivity contribution is 5.80. The Morgan fingerprint density at radius 1 is 1.14 bits per heavy atom. The number of hydrogen-bond donors (Lipinski definition) is 2. The van der Waals surface area contributed by atoms with Crippen LogP contribution in [0.5, 0.6) is 0 Å². The predicted molar refractivity (Wildman–Crippen MR) is 118 cm³/mol. The smallest absolute Gasteiger partial charge is 0.222 e. The van der Waals surface area contributed by atoms with Gasteiger partial charge in [0.15, 0.2) is 5.96 Å². The molecule has 1 saturated heterocycles. The van der Waals surface area contributed by atoms with Crippen LogP contribution in [0.4, 0.5) is 5.69 Å². The molecule has 6 heteroatoms. The predicted octanol–water partition coefficient (Wildman–Crippen LogP) is 2.85. The van der Waals surface area contributed by atoms with E-state index < -0.39 is 0 Å². The van der Waals surface area contributed by atoms with Crippen LogP contribution in [0.3, 0.4) is 0 Å². The maximum absolute atomic E-state index is 11.6. The third-order valence-electron chi connectivity index (χ3n) is 4.97. The normalized spacial score (nSPS) is 14.9. The van der Waals surface area contributed by atoms with Gasteiger partial charge in [-0.15, -0.1) is 0 Å². The Balaban J connectivity index is 1.88. The number of nitrogens with one attached hydrogen (secondary N) is 2. The molecule has 1 aliphatic heterocycles. The van der Waals surface area contributed by atoms with Crippen LogP contribution in [0.1, 0.15) is 45.6 Å². The second-order valence-corrected chi connectivity index (χ2v) is 7.75. The lowest BCUT2D eigenvalue weighted by molar-refractivity contribution is -0.123. The molecule has 2 N–H and O–H groups in total. The topological polar surface area (TPSA) is 60.0 Å². The van der Waals surface area contributed by atoms with E-state index >= 15 is 0 Å². The van der Waals surface area contributed by atoms with Crippen molar-refractivity contribution in [1.82, 2.24) is 15.5 Å². The third kappa shape index (κ3) is 7.06. The first-order valence-electron chi connectivity index (χ1n) is 10.6. The van der Waals surface area contributed by atoms with Crippen LogP contribution >= 0.6 is 0 Å². The molecule has 0 spiro atoms. The van der Waals surface area contributed by atoms with Crippen LogP contribution in [0.25, 0.3) is 0 Å². The van der Waals surface area contributed by atoms with Crippen molar-refractivity contribution in [3.05, 3.63) is 29.8 Å². The molecule has 0 radical (unpaired) electrons. The molecule has 1 fully saturated rings. The molecule has 0 saturated carbocycles. The number of anilines is 1. The number of guanidine groups is 1. The van der Waals surface area contributed by atoms with Gasteiger partial charge in [0.05, 0.1) is 6.54 Å². The summed E-state index contributed by atoms with van der Waals surface area (Å²) in [4.78, 5) is 20.9. The number of carbonyl (C=O) groups is 1. The fourth-order valence-corrected chi connectivity index (χ4v) is 3.33. The van der Waals surface area contributed by atoms with Crippen LogP contribution < -0.4 is 15.5 Å². The molecule has 2 rings (SSSR count). The Hall–Kier alpha value is -2.24. The van der Waals surface area contributed by atoms with E-state index in [2.05, 4.69) is 56.6 Å². The zero-order valence-corrected chi connectivity index (χ0v) is 18.0. The van der Waals surface area contributed by atoms with E-state index in [-0.39, 0.29) is 11.8 Å². The fraction of sp³-hybridized carbons (Fsp3) is 0.636. The van der Waals surface area contributed by atoms with Gasteiger partial charge in [0, 0.05) is 51.4 Å². The van der Waals surface area contributed by atoms with Crippen LogP contribution in [-0.4, -0.2) is 56.5 Å². The minimum atomic E-state index is 0.00722.